The summed E-state index contributed by atoms with van der Waals surface area (Å²) in [6.07, 6.45) is 1.73. The van der Waals surface area contributed by atoms with Crippen molar-refractivity contribution in [2.24, 2.45) is 0 Å². The fourth-order valence-corrected chi connectivity index (χ4v) is 4.51. The number of carbonyl (C=O) groups is 1. The SMILES string of the molecule is Cc1cc(C)c2nc(NC(=O)c3ccccc3CCc3ccccc3)sc2c1. The monoisotopic (exact) mass is 386 g/mol. The summed E-state index contributed by atoms with van der Waals surface area (Å²) in [4.78, 5) is 17.6. The highest BCUT2D eigenvalue weighted by Crippen LogP contribution is 2.29. The number of aromatic nitrogens is 1. The van der Waals surface area contributed by atoms with Gasteiger partial charge >= 0.3 is 0 Å². The Morgan fingerprint density at radius 1 is 0.964 bits per heavy atom. The topological polar surface area (TPSA) is 42.0 Å². The van der Waals surface area contributed by atoms with E-state index in [1.807, 2.05) is 42.5 Å². The van der Waals surface area contributed by atoms with Crippen molar-refractivity contribution in [2.45, 2.75) is 26.7 Å². The molecule has 0 saturated heterocycles. The van der Waals surface area contributed by atoms with Crippen LogP contribution in [0, 0.1) is 13.8 Å². The molecule has 1 amide bonds. The molecule has 0 saturated carbocycles. The molecule has 3 nitrogen and oxygen atoms in total. The molecule has 1 N–H and O–H groups in total. The summed E-state index contributed by atoms with van der Waals surface area (Å²) in [6.45, 7) is 4.13. The van der Waals surface area contributed by atoms with Crippen LogP contribution in [0.15, 0.2) is 66.7 Å². The second-order valence-corrected chi connectivity index (χ2v) is 8.08. The van der Waals surface area contributed by atoms with Crippen LogP contribution >= 0.6 is 11.3 Å². The lowest BCUT2D eigenvalue weighted by molar-refractivity contribution is 0.102. The third-order valence-electron chi connectivity index (χ3n) is 4.84. The number of nitrogens with zero attached hydrogens (tertiary/aromatic N) is 1. The lowest BCUT2D eigenvalue weighted by Crippen LogP contribution is -2.14. The molecule has 4 rings (SSSR count). The van der Waals surface area contributed by atoms with Gasteiger partial charge in [-0.05, 0) is 61.1 Å². The van der Waals surface area contributed by atoms with E-state index in [9.17, 15) is 4.79 Å². The Hall–Kier alpha value is -2.98. The van der Waals surface area contributed by atoms with Gasteiger partial charge < -0.3 is 0 Å². The Bertz CT molecular complexity index is 1130. The van der Waals surface area contributed by atoms with E-state index in [0.29, 0.717) is 10.7 Å². The molecule has 3 aromatic carbocycles. The summed E-state index contributed by atoms with van der Waals surface area (Å²) in [5, 5.41) is 3.65. The van der Waals surface area contributed by atoms with Crippen molar-refractivity contribution in [3.05, 3.63) is 94.5 Å². The van der Waals surface area contributed by atoms with Crippen LogP contribution in [0.2, 0.25) is 0 Å². The largest absolute Gasteiger partial charge is 0.298 e. The molecule has 28 heavy (non-hydrogen) atoms. The van der Waals surface area contributed by atoms with Crippen LogP contribution in [0.5, 0.6) is 0 Å². The average molecular weight is 387 g/mol. The van der Waals surface area contributed by atoms with Gasteiger partial charge in [-0.3, -0.25) is 10.1 Å². The molecule has 0 radical (unpaired) electrons. The fraction of sp³-hybridized carbons (Fsp3) is 0.167. The molecule has 0 fully saturated rings. The zero-order chi connectivity index (χ0) is 19.5. The molecule has 0 unspecified atom stereocenters. The number of rotatable bonds is 5. The first-order valence-corrected chi connectivity index (χ1v) is 10.2. The van der Waals surface area contributed by atoms with Crippen molar-refractivity contribution in [2.75, 3.05) is 5.32 Å². The minimum absolute atomic E-state index is 0.0999. The molecule has 0 aliphatic heterocycles. The van der Waals surface area contributed by atoms with Crippen molar-refractivity contribution in [3.8, 4) is 0 Å². The van der Waals surface area contributed by atoms with Crippen LogP contribution in [-0.4, -0.2) is 10.9 Å². The van der Waals surface area contributed by atoms with E-state index in [0.717, 1.165) is 34.2 Å². The number of thiazole rings is 1. The van der Waals surface area contributed by atoms with Gasteiger partial charge in [0, 0.05) is 5.56 Å². The predicted molar refractivity (Wildman–Crippen MR) is 117 cm³/mol. The molecule has 0 atom stereocenters. The molecule has 4 heteroatoms. The minimum atomic E-state index is -0.0999. The van der Waals surface area contributed by atoms with Gasteiger partial charge in [-0.25, -0.2) is 4.98 Å². The average Bonchev–Trinajstić information content (AvgIpc) is 3.10. The molecule has 140 valence electrons. The number of anilines is 1. The molecule has 0 aliphatic carbocycles. The van der Waals surface area contributed by atoms with E-state index in [1.54, 1.807) is 0 Å². The van der Waals surface area contributed by atoms with Gasteiger partial charge in [0.25, 0.3) is 5.91 Å². The Morgan fingerprint density at radius 2 is 1.71 bits per heavy atom. The first-order valence-electron chi connectivity index (χ1n) is 9.41. The summed E-state index contributed by atoms with van der Waals surface area (Å²) in [5.41, 5.74) is 6.34. The highest BCUT2D eigenvalue weighted by Gasteiger charge is 2.14. The molecule has 0 bridgehead atoms. The van der Waals surface area contributed by atoms with Crippen LogP contribution in [-0.2, 0) is 12.8 Å². The van der Waals surface area contributed by atoms with Gasteiger partial charge in [-0.2, -0.15) is 0 Å². The predicted octanol–water partition coefficient (Wildman–Crippen LogP) is 5.95. The third-order valence-corrected chi connectivity index (χ3v) is 5.76. The maximum absolute atomic E-state index is 12.9. The lowest BCUT2D eigenvalue weighted by atomic mass is 9.99. The van der Waals surface area contributed by atoms with E-state index in [2.05, 4.69) is 48.4 Å². The standard InChI is InChI=1S/C24H22N2OS/c1-16-14-17(2)22-21(15-16)28-24(25-22)26-23(27)20-11-7-6-10-19(20)13-12-18-8-4-3-5-9-18/h3-11,14-15H,12-13H2,1-2H3,(H,25,26,27). The Labute approximate surface area is 169 Å². The highest BCUT2D eigenvalue weighted by molar-refractivity contribution is 7.22. The quantitative estimate of drug-likeness (QED) is 0.460. The van der Waals surface area contributed by atoms with Crippen molar-refractivity contribution in [1.82, 2.24) is 4.98 Å². The number of carbonyl (C=O) groups excluding carboxylic acids is 1. The molecule has 1 heterocycles. The third kappa shape index (κ3) is 3.97. The van der Waals surface area contributed by atoms with Gasteiger partial charge in [0.2, 0.25) is 0 Å². The van der Waals surface area contributed by atoms with E-state index in [1.165, 1.54) is 22.5 Å². The Kier molecular flexibility index (Phi) is 5.22. The van der Waals surface area contributed by atoms with Gasteiger partial charge in [0.1, 0.15) is 0 Å². The van der Waals surface area contributed by atoms with Crippen LogP contribution in [0.3, 0.4) is 0 Å². The molecule has 4 aromatic rings. The normalized spacial score (nSPS) is 10.9. The van der Waals surface area contributed by atoms with Gasteiger partial charge in [-0.1, -0.05) is 65.9 Å². The zero-order valence-electron chi connectivity index (χ0n) is 16.0. The summed E-state index contributed by atoms with van der Waals surface area (Å²) < 4.78 is 1.10. The maximum Gasteiger partial charge on any atom is 0.257 e. The molecule has 0 aliphatic rings. The summed E-state index contributed by atoms with van der Waals surface area (Å²) in [5.74, 6) is -0.0999. The Balaban J connectivity index is 1.54. The number of fused-ring (bicyclic) bond motifs is 1. The molecular weight excluding hydrogens is 364 g/mol. The molecule has 0 spiro atoms. The van der Waals surface area contributed by atoms with Gasteiger partial charge in [-0.15, -0.1) is 0 Å². The van der Waals surface area contributed by atoms with Crippen molar-refractivity contribution >= 4 is 32.6 Å². The summed E-state index contributed by atoms with van der Waals surface area (Å²) >= 11 is 1.52. The number of amides is 1. The molecular formula is C24H22N2OS. The van der Waals surface area contributed by atoms with Crippen LogP contribution < -0.4 is 5.32 Å². The van der Waals surface area contributed by atoms with Crippen molar-refractivity contribution in [3.63, 3.8) is 0 Å². The van der Waals surface area contributed by atoms with E-state index in [4.69, 9.17) is 0 Å². The smallest absolute Gasteiger partial charge is 0.257 e. The number of hydrogen-bond donors (Lipinski definition) is 1. The lowest BCUT2D eigenvalue weighted by Gasteiger charge is -2.09. The second kappa shape index (κ2) is 7.95. The number of benzene rings is 3. The van der Waals surface area contributed by atoms with E-state index in [-0.39, 0.29) is 5.91 Å². The minimum Gasteiger partial charge on any atom is -0.298 e. The fourth-order valence-electron chi connectivity index (χ4n) is 3.47. The van der Waals surface area contributed by atoms with Crippen molar-refractivity contribution < 1.29 is 4.79 Å². The van der Waals surface area contributed by atoms with Gasteiger partial charge in [0.15, 0.2) is 5.13 Å². The second-order valence-electron chi connectivity index (χ2n) is 7.04. The van der Waals surface area contributed by atoms with Crippen LogP contribution in [0.1, 0.15) is 32.6 Å². The highest BCUT2D eigenvalue weighted by atomic mass is 32.1. The van der Waals surface area contributed by atoms with E-state index >= 15 is 0 Å². The van der Waals surface area contributed by atoms with Crippen molar-refractivity contribution in [1.29, 1.82) is 0 Å². The van der Waals surface area contributed by atoms with E-state index < -0.39 is 0 Å². The summed E-state index contributed by atoms with van der Waals surface area (Å²) in [6, 6.07) is 22.4. The van der Waals surface area contributed by atoms with Crippen LogP contribution in [0.4, 0.5) is 5.13 Å². The number of nitrogens with one attached hydrogen (secondary N) is 1. The Morgan fingerprint density at radius 3 is 2.54 bits per heavy atom. The van der Waals surface area contributed by atoms with Crippen LogP contribution in [0.25, 0.3) is 10.2 Å². The first-order chi connectivity index (χ1) is 13.6. The summed E-state index contributed by atoms with van der Waals surface area (Å²) in [7, 11) is 0. The first kappa shape index (κ1) is 18.4. The maximum atomic E-state index is 12.9. The number of aryl methyl sites for hydroxylation is 4. The molecule has 1 aromatic heterocycles. The number of hydrogen-bond acceptors (Lipinski definition) is 3. The zero-order valence-corrected chi connectivity index (χ0v) is 16.8. The van der Waals surface area contributed by atoms with Gasteiger partial charge in [0.05, 0.1) is 10.2 Å².